The Morgan fingerprint density at radius 2 is 1.76 bits per heavy atom. The first-order valence-electron chi connectivity index (χ1n) is 10.6. The second-order valence-electron chi connectivity index (χ2n) is 8.44. The number of ether oxygens (including phenoxy) is 2. The number of fused-ring (bicyclic) bond motifs is 3. The number of carbonyl (C=O) groups is 2. The lowest BCUT2D eigenvalue weighted by Gasteiger charge is -2.56. The van der Waals surface area contributed by atoms with Crippen LogP contribution in [0.15, 0.2) is 36.7 Å². The van der Waals surface area contributed by atoms with Crippen molar-refractivity contribution in [3.8, 4) is 11.8 Å². The Morgan fingerprint density at radius 3 is 2.42 bits per heavy atom. The Hall–Kier alpha value is -2.98. The van der Waals surface area contributed by atoms with Crippen LogP contribution >= 0.6 is 11.6 Å². The van der Waals surface area contributed by atoms with Crippen LogP contribution in [0.2, 0.25) is 5.02 Å². The van der Waals surface area contributed by atoms with Crippen molar-refractivity contribution in [1.29, 1.82) is 0 Å². The number of aliphatic hydroxyl groups excluding tert-OH is 1. The summed E-state index contributed by atoms with van der Waals surface area (Å²) in [5.41, 5.74) is -1.34. The van der Waals surface area contributed by atoms with Gasteiger partial charge >= 0.3 is 6.01 Å². The number of nitrogens with one attached hydrogen (secondary N) is 2. The van der Waals surface area contributed by atoms with Crippen molar-refractivity contribution in [2.45, 2.75) is 49.3 Å². The lowest BCUT2D eigenvalue weighted by Crippen LogP contribution is -2.70. The average Bonchev–Trinajstić information content (AvgIpc) is 2.80. The maximum atomic E-state index is 13.5. The van der Waals surface area contributed by atoms with Crippen LogP contribution < -0.4 is 20.1 Å². The number of halogens is 2. The number of aromatic nitrogens is 2. The molecule has 11 heteroatoms. The van der Waals surface area contributed by atoms with Gasteiger partial charge in [0.25, 0.3) is 11.8 Å². The van der Waals surface area contributed by atoms with E-state index in [1.54, 1.807) is 6.07 Å². The van der Waals surface area contributed by atoms with Gasteiger partial charge < -0.3 is 25.2 Å². The first kappa shape index (κ1) is 23.2. The van der Waals surface area contributed by atoms with Crippen LogP contribution in [-0.2, 0) is 9.59 Å². The molecule has 0 unspecified atom stereocenters. The number of amides is 2. The second kappa shape index (κ2) is 9.48. The van der Waals surface area contributed by atoms with Gasteiger partial charge in [-0.15, -0.1) is 0 Å². The molecule has 0 saturated heterocycles. The van der Waals surface area contributed by atoms with Crippen molar-refractivity contribution >= 4 is 23.4 Å². The van der Waals surface area contributed by atoms with Gasteiger partial charge in [0.05, 0.1) is 16.7 Å². The highest BCUT2D eigenvalue weighted by Gasteiger charge is 2.55. The zero-order chi connectivity index (χ0) is 23.5. The zero-order valence-electron chi connectivity index (χ0n) is 17.7. The van der Waals surface area contributed by atoms with Gasteiger partial charge in [0.1, 0.15) is 11.6 Å². The van der Waals surface area contributed by atoms with Crippen molar-refractivity contribution < 1.29 is 28.6 Å². The molecule has 2 aromatic rings. The van der Waals surface area contributed by atoms with Crippen LogP contribution in [0, 0.1) is 5.82 Å². The van der Waals surface area contributed by atoms with Gasteiger partial charge in [-0.1, -0.05) is 11.6 Å². The number of nitrogens with zero attached hydrogens (tertiary/aromatic N) is 2. The topological polar surface area (TPSA) is 123 Å². The molecule has 3 aliphatic rings. The Bertz CT molecular complexity index is 1020. The summed E-state index contributed by atoms with van der Waals surface area (Å²) in [5, 5.41) is 16.7. The SMILES string of the molecule is O=C(COc1ccc(Cl)c(F)c1)NC12CCC(NC(=O)COc3ncccn3)(CC1)[C@@H](O)C2. The Morgan fingerprint density at radius 1 is 1.09 bits per heavy atom. The third-order valence-corrected chi connectivity index (χ3v) is 6.56. The minimum Gasteiger partial charge on any atom is -0.484 e. The standard InChI is InChI=1S/C22H24ClFN4O5/c23-15-3-2-14(10-16(15)24)32-12-18(30)27-21-4-6-22(7-5-21,17(29)11-21)28-19(31)13-33-20-25-8-1-9-26-20/h1-3,8-10,17,29H,4-7,11-13H2,(H,27,30)(H,28,31)/t17-,21?,22?/m0/s1. The van der Waals surface area contributed by atoms with E-state index in [4.69, 9.17) is 21.1 Å². The van der Waals surface area contributed by atoms with E-state index in [9.17, 15) is 19.1 Å². The number of hydrogen-bond acceptors (Lipinski definition) is 7. The van der Waals surface area contributed by atoms with E-state index >= 15 is 0 Å². The molecule has 9 nitrogen and oxygen atoms in total. The molecule has 0 spiro atoms. The molecule has 1 heterocycles. The molecular weight excluding hydrogens is 455 g/mol. The number of carbonyl (C=O) groups excluding carboxylic acids is 2. The molecule has 33 heavy (non-hydrogen) atoms. The zero-order valence-corrected chi connectivity index (χ0v) is 18.5. The van der Waals surface area contributed by atoms with Gasteiger partial charge in [-0.25, -0.2) is 14.4 Å². The Labute approximate surface area is 194 Å². The molecule has 176 valence electrons. The van der Waals surface area contributed by atoms with Crippen molar-refractivity contribution in [3.63, 3.8) is 0 Å². The van der Waals surface area contributed by atoms with Gasteiger partial charge in [-0.3, -0.25) is 9.59 Å². The molecule has 1 aromatic heterocycles. The predicted molar refractivity (Wildman–Crippen MR) is 115 cm³/mol. The van der Waals surface area contributed by atoms with Crippen LogP contribution in [0.3, 0.4) is 0 Å². The molecule has 0 aliphatic heterocycles. The molecule has 5 rings (SSSR count). The first-order valence-corrected chi connectivity index (χ1v) is 10.9. The van der Waals surface area contributed by atoms with E-state index in [0.29, 0.717) is 32.1 Å². The van der Waals surface area contributed by atoms with Crippen molar-refractivity contribution in [1.82, 2.24) is 20.6 Å². The van der Waals surface area contributed by atoms with Gasteiger partial charge in [-0.05, 0) is 50.3 Å². The summed E-state index contributed by atoms with van der Waals surface area (Å²) in [4.78, 5) is 32.7. The van der Waals surface area contributed by atoms with Gasteiger partial charge in [0.15, 0.2) is 13.2 Å². The maximum Gasteiger partial charge on any atom is 0.316 e. The van der Waals surface area contributed by atoms with E-state index in [1.165, 1.54) is 24.5 Å². The molecule has 1 atom stereocenters. The molecule has 3 saturated carbocycles. The fraction of sp³-hybridized carbons (Fsp3) is 0.455. The number of aliphatic hydroxyl groups is 1. The highest BCUT2D eigenvalue weighted by molar-refractivity contribution is 6.30. The van der Waals surface area contributed by atoms with Crippen LogP contribution in [-0.4, -0.2) is 57.3 Å². The number of benzene rings is 1. The minimum absolute atomic E-state index is 0.0281. The maximum absolute atomic E-state index is 13.5. The quantitative estimate of drug-likeness (QED) is 0.528. The molecular formula is C22H24ClFN4O5. The average molecular weight is 479 g/mol. The second-order valence-corrected chi connectivity index (χ2v) is 8.84. The molecule has 1 aromatic carbocycles. The first-order chi connectivity index (χ1) is 15.8. The fourth-order valence-electron chi connectivity index (χ4n) is 4.51. The van der Waals surface area contributed by atoms with Crippen molar-refractivity contribution in [2.75, 3.05) is 13.2 Å². The highest BCUT2D eigenvalue weighted by Crippen LogP contribution is 2.47. The summed E-state index contributed by atoms with van der Waals surface area (Å²) in [6.07, 6.45) is 4.69. The van der Waals surface area contributed by atoms with Crippen molar-refractivity contribution in [2.24, 2.45) is 0 Å². The lowest BCUT2D eigenvalue weighted by molar-refractivity contribution is -0.137. The third-order valence-electron chi connectivity index (χ3n) is 6.25. The van der Waals surface area contributed by atoms with Gasteiger partial charge in [0, 0.05) is 24.0 Å². The molecule has 2 bridgehead atoms. The summed E-state index contributed by atoms with van der Waals surface area (Å²) in [6, 6.07) is 5.69. The van der Waals surface area contributed by atoms with Crippen molar-refractivity contribution in [3.05, 3.63) is 47.5 Å². The third kappa shape index (κ3) is 5.33. The highest BCUT2D eigenvalue weighted by atomic mass is 35.5. The Balaban J connectivity index is 1.28. The number of rotatable bonds is 8. The molecule has 3 N–H and O–H groups in total. The molecule has 3 aliphatic carbocycles. The van der Waals surface area contributed by atoms with E-state index < -0.39 is 23.0 Å². The predicted octanol–water partition coefficient (Wildman–Crippen LogP) is 1.78. The van der Waals surface area contributed by atoms with E-state index in [-0.39, 0.29) is 41.8 Å². The van der Waals surface area contributed by atoms with Crippen LogP contribution in [0.25, 0.3) is 0 Å². The van der Waals surface area contributed by atoms with Crippen LogP contribution in [0.4, 0.5) is 4.39 Å². The van der Waals surface area contributed by atoms with E-state index in [1.807, 2.05) is 0 Å². The summed E-state index contributed by atoms with van der Waals surface area (Å²) < 4.78 is 24.2. The fourth-order valence-corrected chi connectivity index (χ4v) is 4.63. The van der Waals surface area contributed by atoms with Crippen LogP contribution in [0.5, 0.6) is 11.8 Å². The summed E-state index contributed by atoms with van der Waals surface area (Å²) in [7, 11) is 0. The summed E-state index contributed by atoms with van der Waals surface area (Å²) in [6.45, 7) is -0.553. The van der Waals surface area contributed by atoms with Gasteiger partial charge in [-0.2, -0.15) is 0 Å². The monoisotopic (exact) mass is 478 g/mol. The lowest BCUT2D eigenvalue weighted by atomic mass is 9.60. The summed E-state index contributed by atoms with van der Waals surface area (Å²) >= 11 is 5.64. The van der Waals surface area contributed by atoms with Gasteiger partial charge in [0.2, 0.25) is 0 Å². The smallest absolute Gasteiger partial charge is 0.316 e. The van der Waals surface area contributed by atoms with E-state index in [0.717, 1.165) is 6.07 Å². The summed E-state index contributed by atoms with van der Waals surface area (Å²) in [5.74, 6) is -1.17. The molecule has 3 fully saturated rings. The molecule has 2 amide bonds. The number of hydrogen-bond donors (Lipinski definition) is 3. The molecule has 0 radical (unpaired) electrons. The van der Waals surface area contributed by atoms with E-state index in [2.05, 4.69) is 20.6 Å². The minimum atomic E-state index is -0.830. The largest absolute Gasteiger partial charge is 0.484 e. The normalized spacial score (nSPS) is 25.8. The van der Waals surface area contributed by atoms with Crippen LogP contribution in [0.1, 0.15) is 32.1 Å². The Kier molecular flexibility index (Phi) is 6.66.